The quantitative estimate of drug-likeness (QED) is 0.618. The minimum absolute atomic E-state index is 0. The molecule has 0 spiro atoms. The van der Waals surface area contributed by atoms with Crippen molar-refractivity contribution in [3.05, 3.63) is 29.3 Å². The summed E-state index contributed by atoms with van der Waals surface area (Å²) in [5, 5.41) is 3.47. The van der Waals surface area contributed by atoms with Gasteiger partial charge >= 0.3 is 0 Å². The van der Waals surface area contributed by atoms with Crippen molar-refractivity contribution < 1.29 is 14.2 Å². The van der Waals surface area contributed by atoms with Crippen LogP contribution in [0.4, 0.5) is 0 Å². The molecule has 25 heavy (non-hydrogen) atoms. The molecule has 146 valence electrons. The Morgan fingerprint density at radius 2 is 1.96 bits per heavy atom. The molecule has 1 fully saturated rings. The summed E-state index contributed by atoms with van der Waals surface area (Å²) < 4.78 is 16.3. The van der Waals surface area contributed by atoms with Gasteiger partial charge in [0.1, 0.15) is 5.75 Å². The molecule has 2 rings (SSSR count). The van der Waals surface area contributed by atoms with Crippen LogP contribution in [0.2, 0.25) is 0 Å². The third-order valence-electron chi connectivity index (χ3n) is 4.02. The van der Waals surface area contributed by atoms with Gasteiger partial charge in [0.15, 0.2) is 0 Å². The molecule has 0 aliphatic carbocycles. The Bertz CT molecular complexity index is 458. The van der Waals surface area contributed by atoms with Gasteiger partial charge in [-0.25, -0.2) is 0 Å². The molecule has 0 aromatic heterocycles. The van der Waals surface area contributed by atoms with Gasteiger partial charge in [-0.05, 0) is 37.6 Å². The summed E-state index contributed by atoms with van der Waals surface area (Å²) in [5.41, 5.74) is 2.55. The van der Waals surface area contributed by atoms with E-state index in [1.807, 2.05) is 6.92 Å². The third kappa shape index (κ3) is 9.08. The minimum atomic E-state index is 0. The number of nitrogens with one attached hydrogen (secondary N) is 1. The molecule has 1 N–H and O–H groups in total. The standard InChI is InChI=1S/C18H30N2O3.2ClH/c1-3-22-10-4-7-19-14-16-5-6-18(21-2)17(13-16)15-20-8-11-23-12-9-20;;/h5-6,13,19H,3-4,7-12,14-15H2,1-2H3;2*1H. The maximum absolute atomic E-state index is 5.52. The molecule has 0 saturated carbocycles. The number of rotatable bonds is 10. The Labute approximate surface area is 164 Å². The summed E-state index contributed by atoms with van der Waals surface area (Å²) in [6.45, 7) is 10.1. The molecule has 1 saturated heterocycles. The second-order valence-electron chi connectivity index (χ2n) is 5.76. The molecule has 0 unspecified atom stereocenters. The van der Waals surface area contributed by atoms with E-state index < -0.39 is 0 Å². The van der Waals surface area contributed by atoms with Crippen molar-refractivity contribution in [3.63, 3.8) is 0 Å². The Morgan fingerprint density at radius 1 is 1.20 bits per heavy atom. The van der Waals surface area contributed by atoms with E-state index in [-0.39, 0.29) is 24.8 Å². The molecule has 0 amide bonds. The van der Waals surface area contributed by atoms with Crippen molar-refractivity contribution in [1.29, 1.82) is 0 Å². The zero-order valence-corrected chi connectivity index (χ0v) is 16.9. The second-order valence-corrected chi connectivity index (χ2v) is 5.76. The average molecular weight is 395 g/mol. The van der Waals surface area contributed by atoms with Crippen LogP contribution in [-0.4, -0.2) is 58.1 Å². The van der Waals surface area contributed by atoms with Gasteiger partial charge in [-0.3, -0.25) is 4.90 Å². The summed E-state index contributed by atoms with van der Waals surface area (Å²) in [6, 6.07) is 6.47. The van der Waals surface area contributed by atoms with Crippen molar-refractivity contribution in [2.45, 2.75) is 26.4 Å². The highest BCUT2D eigenvalue weighted by molar-refractivity contribution is 5.85. The first-order valence-corrected chi connectivity index (χ1v) is 8.58. The maximum Gasteiger partial charge on any atom is 0.123 e. The van der Waals surface area contributed by atoms with Gasteiger partial charge in [0, 0.05) is 45.0 Å². The van der Waals surface area contributed by atoms with Gasteiger partial charge < -0.3 is 19.5 Å². The predicted octanol–water partition coefficient (Wildman–Crippen LogP) is 2.89. The molecular formula is C18H32Cl2N2O3. The van der Waals surface area contributed by atoms with Gasteiger partial charge in [-0.15, -0.1) is 24.8 Å². The van der Waals surface area contributed by atoms with Crippen LogP contribution in [-0.2, 0) is 22.6 Å². The lowest BCUT2D eigenvalue weighted by Gasteiger charge is -2.27. The van der Waals surface area contributed by atoms with E-state index in [2.05, 4.69) is 28.4 Å². The fourth-order valence-corrected chi connectivity index (χ4v) is 2.74. The fourth-order valence-electron chi connectivity index (χ4n) is 2.74. The zero-order chi connectivity index (χ0) is 16.3. The van der Waals surface area contributed by atoms with Gasteiger partial charge in [0.05, 0.1) is 20.3 Å². The summed E-state index contributed by atoms with van der Waals surface area (Å²) in [4.78, 5) is 2.42. The monoisotopic (exact) mass is 394 g/mol. The number of hydrogen-bond donors (Lipinski definition) is 1. The summed E-state index contributed by atoms with van der Waals surface area (Å²) >= 11 is 0. The van der Waals surface area contributed by atoms with Crippen LogP contribution in [0, 0.1) is 0 Å². The Morgan fingerprint density at radius 3 is 2.64 bits per heavy atom. The maximum atomic E-state index is 5.52. The minimum Gasteiger partial charge on any atom is -0.496 e. The molecular weight excluding hydrogens is 363 g/mol. The lowest BCUT2D eigenvalue weighted by molar-refractivity contribution is 0.0339. The lowest BCUT2D eigenvalue weighted by Crippen LogP contribution is -2.35. The van der Waals surface area contributed by atoms with Crippen molar-refractivity contribution in [2.75, 3.05) is 53.2 Å². The number of benzene rings is 1. The largest absolute Gasteiger partial charge is 0.496 e. The number of morpholine rings is 1. The highest BCUT2D eigenvalue weighted by atomic mass is 35.5. The molecule has 1 aliphatic heterocycles. The van der Waals surface area contributed by atoms with Gasteiger partial charge in [0.2, 0.25) is 0 Å². The summed E-state index contributed by atoms with van der Waals surface area (Å²) in [6.07, 6.45) is 1.05. The number of halogens is 2. The topological polar surface area (TPSA) is 43.0 Å². The lowest BCUT2D eigenvalue weighted by atomic mass is 10.1. The second kappa shape index (κ2) is 14.6. The molecule has 0 bridgehead atoms. The van der Waals surface area contributed by atoms with Crippen LogP contribution in [0.25, 0.3) is 0 Å². The van der Waals surface area contributed by atoms with Crippen LogP contribution in [0.1, 0.15) is 24.5 Å². The molecule has 1 aliphatic rings. The summed E-state index contributed by atoms with van der Waals surface area (Å²) in [5.74, 6) is 0.969. The normalized spacial score (nSPS) is 14.5. The van der Waals surface area contributed by atoms with Crippen LogP contribution < -0.4 is 10.1 Å². The molecule has 7 heteroatoms. The highest BCUT2D eigenvalue weighted by Gasteiger charge is 2.13. The molecule has 0 atom stereocenters. The average Bonchev–Trinajstić information content (AvgIpc) is 2.59. The van der Waals surface area contributed by atoms with Crippen LogP contribution in [0.3, 0.4) is 0 Å². The van der Waals surface area contributed by atoms with E-state index in [4.69, 9.17) is 14.2 Å². The van der Waals surface area contributed by atoms with Crippen LogP contribution in [0.15, 0.2) is 18.2 Å². The molecule has 0 radical (unpaired) electrons. The molecule has 5 nitrogen and oxygen atoms in total. The third-order valence-corrected chi connectivity index (χ3v) is 4.02. The van der Waals surface area contributed by atoms with Crippen molar-refractivity contribution in [1.82, 2.24) is 10.2 Å². The molecule has 1 aromatic rings. The first-order chi connectivity index (χ1) is 11.3. The highest BCUT2D eigenvalue weighted by Crippen LogP contribution is 2.22. The number of nitrogens with zero attached hydrogens (tertiary/aromatic N) is 1. The van der Waals surface area contributed by atoms with E-state index >= 15 is 0 Å². The first kappa shape index (κ1) is 24.4. The number of methoxy groups -OCH3 is 1. The smallest absolute Gasteiger partial charge is 0.123 e. The van der Waals surface area contributed by atoms with Crippen molar-refractivity contribution in [3.8, 4) is 5.75 Å². The van der Waals surface area contributed by atoms with E-state index in [1.165, 1.54) is 11.1 Å². The van der Waals surface area contributed by atoms with Crippen molar-refractivity contribution >= 4 is 24.8 Å². The number of hydrogen-bond acceptors (Lipinski definition) is 5. The predicted molar refractivity (Wildman–Crippen MR) is 106 cm³/mol. The van der Waals surface area contributed by atoms with Gasteiger partial charge in [-0.1, -0.05) is 6.07 Å². The Kier molecular flexibility index (Phi) is 14.3. The fraction of sp³-hybridized carbons (Fsp3) is 0.667. The van der Waals surface area contributed by atoms with Gasteiger partial charge in [-0.2, -0.15) is 0 Å². The van der Waals surface area contributed by atoms with E-state index in [1.54, 1.807) is 7.11 Å². The van der Waals surface area contributed by atoms with E-state index in [0.717, 1.165) is 71.3 Å². The van der Waals surface area contributed by atoms with Crippen LogP contribution >= 0.6 is 24.8 Å². The molecule has 1 heterocycles. The van der Waals surface area contributed by atoms with Crippen molar-refractivity contribution in [2.24, 2.45) is 0 Å². The van der Waals surface area contributed by atoms with E-state index in [9.17, 15) is 0 Å². The first-order valence-electron chi connectivity index (χ1n) is 8.58. The Balaban J connectivity index is 0.00000288. The van der Waals surface area contributed by atoms with Gasteiger partial charge in [0.25, 0.3) is 0 Å². The summed E-state index contributed by atoms with van der Waals surface area (Å²) in [7, 11) is 1.74. The van der Waals surface area contributed by atoms with E-state index in [0.29, 0.717) is 0 Å². The Hall–Kier alpha value is -0.560. The zero-order valence-electron chi connectivity index (χ0n) is 15.3. The van der Waals surface area contributed by atoms with Crippen LogP contribution in [0.5, 0.6) is 5.75 Å². The molecule has 1 aromatic carbocycles. The SMILES string of the molecule is CCOCCCNCc1ccc(OC)c(CN2CCOCC2)c1.Cl.Cl. The number of ether oxygens (including phenoxy) is 3.